The van der Waals surface area contributed by atoms with Gasteiger partial charge < -0.3 is 10.3 Å². The number of hydrogen-bond donors (Lipinski definition) is 2. The Morgan fingerprint density at radius 2 is 2.14 bits per heavy atom. The van der Waals surface area contributed by atoms with Gasteiger partial charge in [-0.25, -0.2) is 8.42 Å². The second-order valence-corrected chi connectivity index (χ2v) is 8.39. The second-order valence-electron chi connectivity index (χ2n) is 5.77. The van der Waals surface area contributed by atoms with Crippen LogP contribution in [0.25, 0.3) is 10.9 Å². The molecule has 112 valence electrons. The molecule has 2 N–H and O–H groups in total. The maximum Gasteiger partial charge on any atom is 0.268 e. The normalized spacial score (nSPS) is 24.3. The number of carbonyl (C=O) groups excluding carboxylic acids is 1. The third-order valence-electron chi connectivity index (χ3n) is 3.75. The van der Waals surface area contributed by atoms with E-state index in [1.165, 1.54) is 0 Å². The quantitative estimate of drug-likeness (QED) is 0.887. The van der Waals surface area contributed by atoms with Crippen LogP contribution in [-0.4, -0.2) is 36.4 Å². The van der Waals surface area contributed by atoms with Crippen LogP contribution in [0, 0.1) is 0 Å². The first kappa shape index (κ1) is 14.4. The summed E-state index contributed by atoms with van der Waals surface area (Å²) >= 11 is 5.92. The van der Waals surface area contributed by atoms with Crippen LogP contribution in [0.1, 0.15) is 23.8 Å². The molecule has 1 atom stereocenters. The van der Waals surface area contributed by atoms with Crippen molar-refractivity contribution in [3.8, 4) is 0 Å². The molecule has 0 radical (unpaired) electrons. The molecule has 1 unspecified atom stereocenters. The van der Waals surface area contributed by atoms with Gasteiger partial charge in [-0.1, -0.05) is 11.6 Å². The first-order valence-corrected chi connectivity index (χ1v) is 8.78. The van der Waals surface area contributed by atoms with Crippen LogP contribution in [0.5, 0.6) is 0 Å². The average molecular weight is 327 g/mol. The largest absolute Gasteiger partial charge is 0.351 e. The number of sulfone groups is 1. The fourth-order valence-corrected chi connectivity index (χ4v) is 4.95. The molecule has 0 bridgehead atoms. The zero-order valence-corrected chi connectivity index (χ0v) is 13.0. The van der Waals surface area contributed by atoms with Gasteiger partial charge >= 0.3 is 0 Å². The lowest BCUT2D eigenvalue weighted by Crippen LogP contribution is -2.47. The number of aromatic amines is 1. The Morgan fingerprint density at radius 1 is 1.38 bits per heavy atom. The predicted molar refractivity (Wildman–Crippen MR) is 82.5 cm³/mol. The Hall–Kier alpha value is -1.53. The molecular formula is C14H15ClN2O3S. The van der Waals surface area contributed by atoms with Crippen LogP contribution in [0.15, 0.2) is 24.3 Å². The van der Waals surface area contributed by atoms with Gasteiger partial charge in [0.25, 0.3) is 5.91 Å². The molecule has 1 aromatic carbocycles. The highest BCUT2D eigenvalue weighted by molar-refractivity contribution is 7.91. The minimum atomic E-state index is -3.05. The number of aromatic nitrogens is 1. The van der Waals surface area contributed by atoms with E-state index >= 15 is 0 Å². The summed E-state index contributed by atoms with van der Waals surface area (Å²) in [7, 11) is -3.05. The van der Waals surface area contributed by atoms with Crippen molar-refractivity contribution >= 4 is 38.2 Å². The summed E-state index contributed by atoms with van der Waals surface area (Å²) < 4.78 is 23.1. The highest BCUT2D eigenvalue weighted by Gasteiger charge is 2.39. The van der Waals surface area contributed by atoms with Crippen molar-refractivity contribution in [1.29, 1.82) is 0 Å². The van der Waals surface area contributed by atoms with Gasteiger partial charge in [-0.2, -0.15) is 0 Å². The molecule has 1 aliphatic rings. The Bertz CT molecular complexity index is 828. The van der Waals surface area contributed by atoms with E-state index in [-0.39, 0.29) is 17.4 Å². The van der Waals surface area contributed by atoms with Crippen molar-refractivity contribution in [2.75, 3.05) is 11.5 Å². The monoisotopic (exact) mass is 326 g/mol. The lowest BCUT2D eigenvalue weighted by Gasteiger charge is -2.23. The molecule has 1 fully saturated rings. The summed E-state index contributed by atoms with van der Waals surface area (Å²) in [6.45, 7) is 1.76. The second kappa shape index (κ2) is 4.74. The summed E-state index contributed by atoms with van der Waals surface area (Å²) in [5, 5.41) is 4.26. The average Bonchev–Trinajstić information content (AvgIpc) is 2.90. The molecule has 1 saturated heterocycles. The van der Waals surface area contributed by atoms with E-state index < -0.39 is 15.4 Å². The minimum absolute atomic E-state index is 0.0161. The van der Waals surface area contributed by atoms with E-state index in [2.05, 4.69) is 10.3 Å². The van der Waals surface area contributed by atoms with Gasteiger partial charge in [-0.05, 0) is 37.6 Å². The number of hydrogen-bond acceptors (Lipinski definition) is 3. The van der Waals surface area contributed by atoms with Crippen molar-refractivity contribution in [3.63, 3.8) is 0 Å². The first-order chi connectivity index (χ1) is 9.76. The minimum Gasteiger partial charge on any atom is -0.351 e. The number of H-pyrrole nitrogens is 1. The molecule has 5 nitrogen and oxygen atoms in total. The highest BCUT2D eigenvalue weighted by atomic mass is 35.5. The Labute approximate surface area is 127 Å². The highest BCUT2D eigenvalue weighted by Crippen LogP contribution is 2.24. The summed E-state index contributed by atoms with van der Waals surface area (Å²) in [5.74, 6) is -0.203. The van der Waals surface area contributed by atoms with E-state index in [9.17, 15) is 13.2 Å². The lowest BCUT2D eigenvalue weighted by atomic mass is 10.0. The number of benzene rings is 1. The number of halogens is 1. The van der Waals surface area contributed by atoms with E-state index in [1.54, 1.807) is 31.2 Å². The van der Waals surface area contributed by atoms with Crippen LogP contribution < -0.4 is 5.32 Å². The number of fused-ring (bicyclic) bond motifs is 1. The lowest BCUT2D eigenvalue weighted by molar-refractivity contribution is 0.0911. The van der Waals surface area contributed by atoms with Crippen LogP contribution in [0.3, 0.4) is 0 Å². The summed E-state index contributed by atoms with van der Waals surface area (Å²) in [6, 6.07) is 7.03. The van der Waals surface area contributed by atoms with E-state index in [1.807, 2.05) is 0 Å². The summed E-state index contributed by atoms with van der Waals surface area (Å²) in [6.07, 6.45) is 0.438. The fourth-order valence-electron chi connectivity index (χ4n) is 2.68. The number of nitrogens with one attached hydrogen (secondary N) is 2. The van der Waals surface area contributed by atoms with E-state index in [4.69, 9.17) is 11.6 Å². The van der Waals surface area contributed by atoms with Crippen molar-refractivity contribution in [1.82, 2.24) is 10.3 Å². The summed E-state index contributed by atoms with van der Waals surface area (Å²) in [4.78, 5) is 15.3. The van der Waals surface area contributed by atoms with Gasteiger partial charge in [0.2, 0.25) is 0 Å². The number of carbonyl (C=O) groups is 1. The van der Waals surface area contributed by atoms with Gasteiger partial charge in [-0.15, -0.1) is 0 Å². The van der Waals surface area contributed by atoms with Gasteiger partial charge in [0, 0.05) is 15.9 Å². The first-order valence-electron chi connectivity index (χ1n) is 6.58. The van der Waals surface area contributed by atoms with E-state index in [0.717, 1.165) is 10.9 Å². The predicted octanol–water partition coefficient (Wildman–Crippen LogP) is 2.13. The molecule has 0 saturated carbocycles. The smallest absolute Gasteiger partial charge is 0.268 e. The maximum absolute atomic E-state index is 12.3. The third-order valence-corrected chi connectivity index (χ3v) is 5.88. The van der Waals surface area contributed by atoms with Crippen LogP contribution >= 0.6 is 11.6 Å². The Morgan fingerprint density at radius 3 is 2.81 bits per heavy atom. The fraction of sp³-hybridized carbons (Fsp3) is 0.357. The molecule has 3 rings (SSSR count). The van der Waals surface area contributed by atoms with Gasteiger partial charge in [0.1, 0.15) is 5.69 Å². The standard InChI is InChI=1S/C14H15ClN2O3S/c1-14(4-5-21(19,20)8-14)17-13(18)12-7-9-6-10(15)2-3-11(9)16-12/h2-3,6-7,16H,4-5,8H2,1H3,(H,17,18). The Kier molecular flexibility index (Phi) is 3.26. The Balaban J connectivity index is 1.84. The van der Waals surface area contributed by atoms with Crippen molar-refractivity contribution in [3.05, 3.63) is 35.0 Å². The molecular weight excluding hydrogens is 312 g/mol. The van der Waals surface area contributed by atoms with Gasteiger partial charge in [0.15, 0.2) is 9.84 Å². The molecule has 1 aliphatic heterocycles. The molecule has 2 heterocycles. The molecule has 2 aromatic rings. The maximum atomic E-state index is 12.3. The van der Waals surface area contributed by atoms with E-state index in [0.29, 0.717) is 17.1 Å². The van der Waals surface area contributed by atoms with Crippen molar-refractivity contribution in [2.24, 2.45) is 0 Å². The van der Waals surface area contributed by atoms with Crippen LogP contribution in [-0.2, 0) is 9.84 Å². The molecule has 0 aliphatic carbocycles. The number of rotatable bonds is 2. The summed E-state index contributed by atoms with van der Waals surface area (Å²) in [5.41, 5.74) is 0.511. The van der Waals surface area contributed by atoms with Gasteiger partial charge in [-0.3, -0.25) is 4.79 Å². The van der Waals surface area contributed by atoms with Crippen molar-refractivity contribution in [2.45, 2.75) is 18.9 Å². The SMILES string of the molecule is CC1(NC(=O)c2cc3cc(Cl)ccc3[nH]2)CCS(=O)(=O)C1. The zero-order valence-electron chi connectivity index (χ0n) is 11.4. The van der Waals surface area contributed by atoms with Gasteiger partial charge in [0.05, 0.1) is 17.0 Å². The third kappa shape index (κ3) is 2.91. The molecule has 1 amide bonds. The van der Waals surface area contributed by atoms with Crippen LogP contribution in [0.2, 0.25) is 5.02 Å². The molecule has 1 aromatic heterocycles. The zero-order chi connectivity index (χ0) is 15.3. The molecule has 21 heavy (non-hydrogen) atoms. The topological polar surface area (TPSA) is 79.0 Å². The van der Waals surface area contributed by atoms with Crippen molar-refractivity contribution < 1.29 is 13.2 Å². The van der Waals surface area contributed by atoms with Crippen LogP contribution in [0.4, 0.5) is 0 Å². The molecule has 0 spiro atoms. The number of amides is 1. The molecule has 7 heteroatoms.